The summed E-state index contributed by atoms with van der Waals surface area (Å²) in [5.74, 6) is -0.521. The summed E-state index contributed by atoms with van der Waals surface area (Å²) in [4.78, 5) is 0. The Morgan fingerprint density at radius 3 is 2.77 bits per heavy atom. The third-order valence-corrected chi connectivity index (χ3v) is 1.56. The van der Waals surface area contributed by atoms with Gasteiger partial charge < -0.3 is 10.8 Å². The van der Waals surface area contributed by atoms with Crippen LogP contribution in [0.4, 0.5) is 4.39 Å². The molecule has 0 aliphatic rings. The molecular formula is C10H12FNO. The lowest BCUT2D eigenvalue weighted by Gasteiger charge is -1.98. The van der Waals surface area contributed by atoms with Crippen LogP contribution in [0.1, 0.15) is 12.5 Å². The van der Waals surface area contributed by atoms with Crippen molar-refractivity contribution in [3.63, 3.8) is 0 Å². The second-order valence-corrected chi connectivity index (χ2v) is 2.92. The highest BCUT2D eigenvalue weighted by Gasteiger charge is 1.99. The van der Waals surface area contributed by atoms with Crippen molar-refractivity contribution in [2.75, 3.05) is 0 Å². The molecular weight excluding hydrogens is 169 g/mol. The fourth-order valence-electron chi connectivity index (χ4n) is 0.907. The van der Waals surface area contributed by atoms with Gasteiger partial charge in [0.05, 0.1) is 0 Å². The van der Waals surface area contributed by atoms with E-state index >= 15 is 0 Å². The molecule has 1 unspecified atom stereocenters. The molecule has 0 saturated heterocycles. The van der Waals surface area contributed by atoms with E-state index in [-0.39, 0.29) is 11.8 Å². The van der Waals surface area contributed by atoms with E-state index in [9.17, 15) is 4.39 Å². The Labute approximate surface area is 76.5 Å². The van der Waals surface area contributed by atoms with Crippen LogP contribution < -0.4 is 5.73 Å². The van der Waals surface area contributed by atoms with Gasteiger partial charge in [-0.25, -0.2) is 4.39 Å². The minimum Gasteiger partial charge on any atom is -0.508 e. The summed E-state index contributed by atoms with van der Waals surface area (Å²) in [6.45, 7) is 1.80. The summed E-state index contributed by atoms with van der Waals surface area (Å²) in [6.07, 6.45) is 3.29. The highest BCUT2D eigenvalue weighted by atomic mass is 19.1. The zero-order chi connectivity index (χ0) is 9.84. The van der Waals surface area contributed by atoms with Gasteiger partial charge in [0.25, 0.3) is 0 Å². The van der Waals surface area contributed by atoms with Gasteiger partial charge in [0.1, 0.15) is 11.6 Å². The number of phenols is 1. The molecule has 0 aromatic heterocycles. The van der Waals surface area contributed by atoms with Crippen LogP contribution in [-0.2, 0) is 0 Å². The maximum Gasteiger partial charge on any atom is 0.134 e. The van der Waals surface area contributed by atoms with Crippen LogP contribution in [0.2, 0.25) is 0 Å². The Kier molecular flexibility index (Phi) is 3.03. The topological polar surface area (TPSA) is 46.2 Å². The van der Waals surface area contributed by atoms with Gasteiger partial charge in [-0.05, 0) is 19.1 Å². The first kappa shape index (κ1) is 9.74. The van der Waals surface area contributed by atoms with Gasteiger partial charge in [0.15, 0.2) is 0 Å². The van der Waals surface area contributed by atoms with Crippen molar-refractivity contribution in [2.45, 2.75) is 13.0 Å². The SMILES string of the molecule is CC(N)/C=C/c1ccc(O)cc1F. The monoisotopic (exact) mass is 181 g/mol. The van der Waals surface area contributed by atoms with E-state index in [0.717, 1.165) is 6.07 Å². The lowest BCUT2D eigenvalue weighted by molar-refractivity contribution is 0.469. The van der Waals surface area contributed by atoms with Crippen molar-refractivity contribution < 1.29 is 9.50 Å². The van der Waals surface area contributed by atoms with Crippen molar-refractivity contribution in [1.82, 2.24) is 0 Å². The molecule has 0 saturated carbocycles. The number of benzene rings is 1. The average molecular weight is 181 g/mol. The maximum absolute atomic E-state index is 13.0. The van der Waals surface area contributed by atoms with Crippen LogP contribution in [0.25, 0.3) is 6.08 Å². The van der Waals surface area contributed by atoms with Crippen molar-refractivity contribution in [3.8, 4) is 5.75 Å². The molecule has 0 bridgehead atoms. The number of nitrogens with two attached hydrogens (primary N) is 1. The number of hydrogen-bond donors (Lipinski definition) is 2. The van der Waals surface area contributed by atoms with Gasteiger partial charge in [-0.1, -0.05) is 12.2 Å². The van der Waals surface area contributed by atoms with E-state index in [2.05, 4.69) is 0 Å². The molecule has 0 aliphatic heterocycles. The van der Waals surface area contributed by atoms with E-state index in [1.807, 2.05) is 0 Å². The molecule has 1 rings (SSSR count). The smallest absolute Gasteiger partial charge is 0.134 e. The Hall–Kier alpha value is -1.35. The molecule has 3 heteroatoms. The Morgan fingerprint density at radius 2 is 2.23 bits per heavy atom. The van der Waals surface area contributed by atoms with Crippen LogP contribution in [0.15, 0.2) is 24.3 Å². The largest absolute Gasteiger partial charge is 0.508 e. The lowest BCUT2D eigenvalue weighted by Crippen LogP contribution is -2.09. The summed E-state index contributed by atoms with van der Waals surface area (Å²) in [5.41, 5.74) is 5.89. The first-order valence-corrected chi connectivity index (χ1v) is 4.02. The van der Waals surface area contributed by atoms with Crippen molar-refractivity contribution in [2.24, 2.45) is 5.73 Å². The van der Waals surface area contributed by atoms with Crippen LogP contribution >= 0.6 is 0 Å². The predicted molar refractivity (Wildman–Crippen MR) is 50.7 cm³/mol. The Balaban J connectivity index is 2.90. The standard InChI is InChI=1S/C10H12FNO/c1-7(12)2-3-8-4-5-9(13)6-10(8)11/h2-7,13H,12H2,1H3/b3-2+. The van der Waals surface area contributed by atoms with Crippen LogP contribution in [0, 0.1) is 5.82 Å². The molecule has 70 valence electrons. The fourth-order valence-corrected chi connectivity index (χ4v) is 0.907. The third kappa shape index (κ3) is 2.87. The zero-order valence-electron chi connectivity index (χ0n) is 7.37. The first-order valence-electron chi connectivity index (χ1n) is 4.02. The van der Waals surface area contributed by atoms with E-state index in [4.69, 9.17) is 10.8 Å². The van der Waals surface area contributed by atoms with E-state index in [1.54, 1.807) is 19.1 Å². The number of aromatic hydroxyl groups is 1. The molecule has 0 radical (unpaired) electrons. The highest BCUT2D eigenvalue weighted by Crippen LogP contribution is 2.16. The van der Waals surface area contributed by atoms with Crippen molar-refractivity contribution >= 4 is 6.08 Å². The summed E-state index contributed by atoms with van der Waals surface area (Å²) >= 11 is 0. The number of rotatable bonds is 2. The maximum atomic E-state index is 13.0. The average Bonchev–Trinajstić information content (AvgIpc) is 2.02. The van der Waals surface area contributed by atoms with Gasteiger partial charge in [0, 0.05) is 17.7 Å². The third-order valence-electron chi connectivity index (χ3n) is 1.56. The molecule has 0 heterocycles. The lowest BCUT2D eigenvalue weighted by atomic mass is 10.1. The summed E-state index contributed by atoms with van der Waals surface area (Å²) in [6, 6.07) is 3.90. The second-order valence-electron chi connectivity index (χ2n) is 2.92. The normalized spacial score (nSPS) is 13.5. The van der Waals surface area contributed by atoms with E-state index in [0.29, 0.717) is 5.56 Å². The quantitative estimate of drug-likeness (QED) is 0.731. The zero-order valence-corrected chi connectivity index (χ0v) is 7.37. The summed E-state index contributed by atoms with van der Waals surface area (Å²) in [5, 5.41) is 8.93. The fraction of sp³-hybridized carbons (Fsp3) is 0.200. The van der Waals surface area contributed by atoms with Gasteiger partial charge in [0.2, 0.25) is 0 Å². The molecule has 1 aromatic carbocycles. The summed E-state index contributed by atoms with van der Waals surface area (Å²) in [7, 11) is 0. The van der Waals surface area contributed by atoms with Crippen LogP contribution in [0.3, 0.4) is 0 Å². The number of hydrogen-bond acceptors (Lipinski definition) is 2. The van der Waals surface area contributed by atoms with Crippen molar-refractivity contribution in [3.05, 3.63) is 35.7 Å². The molecule has 1 aromatic rings. The van der Waals surface area contributed by atoms with Crippen LogP contribution in [0.5, 0.6) is 5.75 Å². The molecule has 2 nitrogen and oxygen atoms in total. The van der Waals surface area contributed by atoms with E-state index in [1.165, 1.54) is 12.1 Å². The molecule has 1 atom stereocenters. The highest BCUT2D eigenvalue weighted by molar-refractivity contribution is 5.51. The van der Waals surface area contributed by atoms with Crippen molar-refractivity contribution in [1.29, 1.82) is 0 Å². The first-order chi connectivity index (χ1) is 6.09. The molecule has 0 amide bonds. The minimum atomic E-state index is -0.447. The molecule has 0 spiro atoms. The molecule has 0 fully saturated rings. The Bertz CT molecular complexity index is 321. The van der Waals surface area contributed by atoms with Crippen LogP contribution in [-0.4, -0.2) is 11.1 Å². The minimum absolute atomic E-state index is 0.0737. The Morgan fingerprint density at radius 1 is 1.54 bits per heavy atom. The summed E-state index contributed by atoms with van der Waals surface area (Å²) < 4.78 is 13.0. The molecule has 0 aliphatic carbocycles. The van der Waals surface area contributed by atoms with Gasteiger partial charge in [-0.2, -0.15) is 0 Å². The number of halogens is 1. The van der Waals surface area contributed by atoms with Gasteiger partial charge >= 0.3 is 0 Å². The van der Waals surface area contributed by atoms with Gasteiger partial charge in [-0.15, -0.1) is 0 Å². The number of phenolic OH excluding ortho intramolecular Hbond substituents is 1. The predicted octanol–water partition coefficient (Wildman–Crippen LogP) is 1.89. The molecule has 3 N–H and O–H groups in total. The van der Waals surface area contributed by atoms with E-state index < -0.39 is 5.82 Å². The molecule has 13 heavy (non-hydrogen) atoms. The van der Waals surface area contributed by atoms with Gasteiger partial charge in [-0.3, -0.25) is 0 Å². The second kappa shape index (κ2) is 4.05.